The number of halogens is 1. The van der Waals surface area contributed by atoms with Crippen molar-refractivity contribution in [3.05, 3.63) is 21.4 Å². The number of carbonyl (C=O) groups is 1. The number of hydrogen-bond donors (Lipinski definition) is 1. The highest BCUT2D eigenvalue weighted by Gasteiger charge is 2.19. The van der Waals surface area contributed by atoms with Gasteiger partial charge in [-0.15, -0.1) is 0 Å². The lowest BCUT2D eigenvalue weighted by molar-refractivity contribution is 0.0702. The van der Waals surface area contributed by atoms with Crippen molar-refractivity contribution in [1.29, 1.82) is 0 Å². The van der Waals surface area contributed by atoms with E-state index < -0.39 is 5.97 Å². The summed E-state index contributed by atoms with van der Waals surface area (Å²) < 4.78 is 7.23. The maximum absolute atomic E-state index is 10.8. The summed E-state index contributed by atoms with van der Waals surface area (Å²) >= 11 is 6.60. The van der Waals surface area contributed by atoms with Crippen LogP contribution >= 0.6 is 22.9 Å². The third kappa shape index (κ3) is 2.19. The third-order valence-corrected chi connectivity index (χ3v) is 3.70. The van der Waals surface area contributed by atoms with Gasteiger partial charge in [0.1, 0.15) is 5.69 Å². The van der Waals surface area contributed by atoms with Gasteiger partial charge < -0.3 is 9.84 Å². The largest absolute Gasteiger partial charge is 0.477 e. The predicted molar refractivity (Wildman–Crippen MR) is 66.8 cm³/mol. The van der Waals surface area contributed by atoms with E-state index >= 15 is 0 Å². The summed E-state index contributed by atoms with van der Waals surface area (Å²) in [5, 5.41) is 13.2. The Balaban J connectivity index is 2.34. The molecule has 2 aromatic heterocycles. The molecule has 2 heterocycles. The summed E-state index contributed by atoms with van der Waals surface area (Å²) in [6.07, 6.45) is 0. The number of carboxylic acid groups (broad SMARTS) is 1. The van der Waals surface area contributed by atoms with Crippen molar-refractivity contribution in [2.75, 3.05) is 0 Å². The van der Waals surface area contributed by atoms with Crippen LogP contribution in [0.5, 0.6) is 10.9 Å². The number of nitrogens with zero attached hydrogens (tertiary/aromatic N) is 3. The van der Waals surface area contributed by atoms with Crippen LogP contribution in [0, 0.1) is 13.8 Å². The number of carboxylic acids is 1. The topological polar surface area (TPSA) is 77.2 Å². The Hall–Kier alpha value is -1.60. The lowest BCUT2D eigenvalue weighted by Gasteiger charge is -2.00. The highest BCUT2D eigenvalue weighted by atomic mass is 35.5. The fourth-order valence-corrected chi connectivity index (χ4v) is 2.43. The first-order valence-electron chi connectivity index (χ1n) is 4.97. The van der Waals surface area contributed by atoms with E-state index in [0.29, 0.717) is 11.4 Å². The fourth-order valence-electron chi connectivity index (χ4n) is 1.45. The van der Waals surface area contributed by atoms with E-state index in [1.54, 1.807) is 18.7 Å². The Morgan fingerprint density at radius 2 is 2.17 bits per heavy atom. The molecule has 2 aromatic rings. The molecule has 0 spiro atoms. The maximum Gasteiger partial charge on any atom is 0.349 e. The number of hydrogen-bond acceptors (Lipinski definition) is 5. The first kappa shape index (κ1) is 12.8. The number of rotatable bonds is 3. The third-order valence-electron chi connectivity index (χ3n) is 2.39. The molecular weight excluding hydrogens is 278 g/mol. The average molecular weight is 288 g/mol. The van der Waals surface area contributed by atoms with Gasteiger partial charge in [-0.05, 0) is 13.8 Å². The molecule has 0 saturated heterocycles. The second-order valence-electron chi connectivity index (χ2n) is 3.63. The van der Waals surface area contributed by atoms with Gasteiger partial charge in [0.25, 0.3) is 5.19 Å². The van der Waals surface area contributed by atoms with Crippen molar-refractivity contribution < 1.29 is 14.6 Å². The molecule has 0 saturated carbocycles. The molecule has 2 rings (SSSR count). The van der Waals surface area contributed by atoms with Crippen LogP contribution in [0.3, 0.4) is 0 Å². The van der Waals surface area contributed by atoms with E-state index in [9.17, 15) is 4.79 Å². The molecule has 0 aliphatic heterocycles. The highest BCUT2D eigenvalue weighted by molar-refractivity contribution is 7.15. The Morgan fingerprint density at radius 3 is 2.61 bits per heavy atom. The molecule has 8 heteroatoms. The van der Waals surface area contributed by atoms with Crippen molar-refractivity contribution in [3.8, 4) is 10.9 Å². The van der Waals surface area contributed by atoms with Crippen LogP contribution in [-0.4, -0.2) is 25.8 Å². The van der Waals surface area contributed by atoms with Crippen molar-refractivity contribution in [2.24, 2.45) is 7.05 Å². The van der Waals surface area contributed by atoms with E-state index in [-0.39, 0.29) is 15.2 Å². The van der Waals surface area contributed by atoms with E-state index in [4.69, 9.17) is 21.4 Å². The SMILES string of the molecule is Cc1nn(C)c(C)c1Oc1nc(Cl)c(C(=O)O)s1. The Labute approximate surface area is 112 Å². The van der Waals surface area contributed by atoms with Gasteiger partial charge in [0.05, 0.1) is 5.69 Å². The molecule has 0 unspecified atom stereocenters. The molecule has 0 aliphatic carbocycles. The lowest BCUT2D eigenvalue weighted by atomic mass is 10.3. The molecule has 0 atom stereocenters. The standard InChI is InChI=1S/C10H10ClN3O3S/c1-4-6(5(2)14(3)13-4)17-10-12-8(11)7(18-10)9(15)16/h1-3H3,(H,15,16). The molecule has 1 N–H and O–H groups in total. The molecule has 0 aliphatic rings. The quantitative estimate of drug-likeness (QED) is 0.939. The monoisotopic (exact) mass is 287 g/mol. The second-order valence-corrected chi connectivity index (χ2v) is 4.95. The molecule has 0 radical (unpaired) electrons. The number of aromatic carboxylic acids is 1. The summed E-state index contributed by atoms with van der Waals surface area (Å²) in [5.41, 5.74) is 1.54. The molecule has 6 nitrogen and oxygen atoms in total. The van der Waals surface area contributed by atoms with Gasteiger partial charge in [-0.2, -0.15) is 10.1 Å². The van der Waals surface area contributed by atoms with Gasteiger partial charge >= 0.3 is 5.97 Å². The van der Waals surface area contributed by atoms with Crippen molar-refractivity contribution >= 4 is 28.9 Å². The van der Waals surface area contributed by atoms with Gasteiger partial charge in [-0.25, -0.2) is 4.79 Å². The van der Waals surface area contributed by atoms with E-state index in [2.05, 4.69) is 10.1 Å². The first-order chi connectivity index (χ1) is 8.40. The summed E-state index contributed by atoms with van der Waals surface area (Å²) in [7, 11) is 1.80. The Kier molecular flexibility index (Phi) is 3.27. The minimum atomic E-state index is -1.12. The minimum Gasteiger partial charge on any atom is -0.477 e. The zero-order valence-corrected chi connectivity index (χ0v) is 11.5. The van der Waals surface area contributed by atoms with Crippen LogP contribution in [0.1, 0.15) is 21.1 Å². The minimum absolute atomic E-state index is 0.0362. The second kappa shape index (κ2) is 4.58. The lowest BCUT2D eigenvalue weighted by Crippen LogP contribution is -1.92. The fraction of sp³-hybridized carbons (Fsp3) is 0.300. The highest BCUT2D eigenvalue weighted by Crippen LogP contribution is 2.34. The van der Waals surface area contributed by atoms with Crippen LogP contribution in [0.25, 0.3) is 0 Å². The first-order valence-corrected chi connectivity index (χ1v) is 6.17. The normalized spacial score (nSPS) is 10.7. The summed E-state index contributed by atoms with van der Waals surface area (Å²) in [6.45, 7) is 3.65. The molecular formula is C10H10ClN3O3S. The molecule has 96 valence electrons. The smallest absolute Gasteiger partial charge is 0.349 e. The molecule has 18 heavy (non-hydrogen) atoms. The van der Waals surface area contributed by atoms with E-state index in [1.807, 2.05) is 6.92 Å². The Bertz CT molecular complexity index is 620. The van der Waals surface area contributed by atoms with E-state index in [0.717, 1.165) is 17.0 Å². The van der Waals surface area contributed by atoms with Crippen LogP contribution < -0.4 is 4.74 Å². The van der Waals surface area contributed by atoms with Gasteiger partial charge in [-0.1, -0.05) is 22.9 Å². The number of aryl methyl sites for hydroxylation is 2. The van der Waals surface area contributed by atoms with Gasteiger partial charge in [-0.3, -0.25) is 4.68 Å². The molecule has 0 bridgehead atoms. The van der Waals surface area contributed by atoms with E-state index in [1.165, 1.54) is 0 Å². The number of thiazole rings is 1. The van der Waals surface area contributed by atoms with Gasteiger partial charge in [0.2, 0.25) is 0 Å². The molecule has 0 aromatic carbocycles. The maximum atomic E-state index is 10.8. The molecule has 0 amide bonds. The average Bonchev–Trinajstić information content (AvgIpc) is 2.75. The number of aromatic nitrogens is 3. The van der Waals surface area contributed by atoms with Crippen LogP contribution in [0.2, 0.25) is 5.15 Å². The summed E-state index contributed by atoms with van der Waals surface area (Å²) in [4.78, 5) is 14.7. The van der Waals surface area contributed by atoms with Crippen molar-refractivity contribution in [1.82, 2.24) is 14.8 Å². The van der Waals surface area contributed by atoms with Crippen molar-refractivity contribution in [3.63, 3.8) is 0 Å². The zero-order valence-electron chi connectivity index (χ0n) is 9.89. The van der Waals surface area contributed by atoms with Crippen LogP contribution in [0.4, 0.5) is 0 Å². The van der Waals surface area contributed by atoms with Crippen LogP contribution in [0.15, 0.2) is 0 Å². The van der Waals surface area contributed by atoms with Gasteiger partial charge in [0, 0.05) is 7.05 Å². The molecule has 0 fully saturated rings. The summed E-state index contributed by atoms with van der Waals surface area (Å²) in [5.74, 6) is -0.549. The predicted octanol–water partition coefficient (Wildman–Crippen LogP) is 2.64. The zero-order chi connectivity index (χ0) is 13.4. The number of ether oxygens (including phenoxy) is 1. The summed E-state index contributed by atoms with van der Waals surface area (Å²) in [6, 6.07) is 0. The Morgan fingerprint density at radius 1 is 1.50 bits per heavy atom. The van der Waals surface area contributed by atoms with Gasteiger partial charge in [0.15, 0.2) is 15.8 Å². The van der Waals surface area contributed by atoms with Crippen molar-refractivity contribution in [2.45, 2.75) is 13.8 Å². The van der Waals surface area contributed by atoms with Crippen LogP contribution in [-0.2, 0) is 7.05 Å².